The molecule has 1 saturated carbocycles. The smallest absolute Gasteiger partial charge is 0.150 e. The molecule has 0 aliphatic heterocycles. The van der Waals surface area contributed by atoms with Gasteiger partial charge in [0.1, 0.15) is 9.84 Å². The van der Waals surface area contributed by atoms with Gasteiger partial charge in [-0.3, -0.25) is 0 Å². The molecular weight excluding hydrogens is 260 g/mol. The number of aliphatic hydroxyl groups excluding tert-OH is 1. The van der Waals surface area contributed by atoms with E-state index >= 15 is 0 Å². The van der Waals surface area contributed by atoms with Crippen molar-refractivity contribution in [3.63, 3.8) is 0 Å². The van der Waals surface area contributed by atoms with Gasteiger partial charge in [-0.05, 0) is 37.5 Å². The van der Waals surface area contributed by atoms with Crippen LogP contribution in [-0.4, -0.2) is 31.1 Å². The Morgan fingerprint density at radius 2 is 1.79 bits per heavy atom. The summed E-state index contributed by atoms with van der Waals surface area (Å²) in [5.74, 6) is 1.70. The van der Waals surface area contributed by atoms with Crippen LogP contribution in [0.2, 0.25) is 0 Å². The van der Waals surface area contributed by atoms with Gasteiger partial charge < -0.3 is 5.11 Å². The maximum Gasteiger partial charge on any atom is 0.150 e. The van der Waals surface area contributed by atoms with Crippen LogP contribution in [0.15, 0.2) is 0 Å². The molecule has 3 nitrogen and oxygen atoms in total. The Balaban J connectivity index is 2.22. The molecule has 1 unspecified atom stereocenters. The topological polar surface area (TPSA) is 54.4 Å². The van der Waals surface area contributed by atoms with Crippen molar-refractivity contribution in [3.8, 4) is 0 Å². The minimum absolute atomic E-state index is 0.214. The summed E-state index contributed by atoms with van der Waals surface area (Å²) < 4.78 is 22.8. The molecule has 0 amide bonds. The van der Waals surface area contributed by atoms with Gasteiger partial charge in [-0.2, -0.15) is 0 Å². The number of sulfone groups is 1. The van der Waals surface area contributed by atoms with E-state index < -0.39 is 9.84 Å². The van der Waals surface area contributed by atoms with Crippen molar-refractivity contribution in [1.82, 2.24) is 0 Å². The summed E-state index contributed by atoms with van der Waals surface area (Å²) in [6.07, 6.45) is 8.23. The summed E-state index contributed by atoms with van der Waals surface area (Å²) >= 11 is 0. The van der Waals surface area contributed by atoms with Gasteiger partial charge in [0.05, 0.1) is 11.9 Å². The largest absolute Gasteiger partial charge is 0.393 e. The SMILES string of the molecule is CCCC1CCC(C(O)CCCS(=O)(=O)CC)CC1. The van der Waals surface area contributed by atoms with E-state index in [0.717, 1.165) is 18.8 Å². The van der Waals surface area contributed by atoms with E-state index in [9.17, 15) is 13.5 Å². The van der Waals surface area contributed by atoms with E-state index in [-0.39, 0.29) is 17.6 Å². The van der Waals surface area contributed by atoms with Crippen LogP contribution < -0.4 is 0 Å². The fraction of sp³-hybridized carbons (Fsp3) is 1.00. The first-order chi connectivity index (χ1) is 8.98. The molecule has 19 heavy (non-hydrogen) atoms. The first-order valence-electron chi connectivity index (χ1n) is 7.87. The number of hydrogen-bond donors (Lipinski definition) is 1. The van der Waals surface area contributed by atoms with Gasteiger partial charge in [-0.25, -0.2) is 8.42 Å². The molecule has 0 aromatic carbocycles. The molecule has 1 aliphatic rings. The van der Waals surface area contributed by atoms with Crippen molar-refractivity contribution >= 4 is 9.84 Å². The van der Waals surface area contributed by atoms with Crippen LogP contribution in [0.5, 0.6) is 0 Å². The van der Waals surface area contributed by atoms with Gasteiger partial charge in [0.15, 0.2) is 0 Å². The summed E-state index contributed by atoms with van der Waals surface area (Å²) in [4.78, 5) is 0. The van der Waals surface area contributed by atoms with Crippen molar-refractivity contribution in [2.45, 2.75) is 71.3 Å². The Hall–Kier alpha value is -0.0900. The molecule has 4 heteroatoms. The number of aliphatic hydroxyl groups is 1. The quantitative estimate of drug-likeness (QED) is 0.747. The van der Waals surface area contributed by atoms with Crippen molar-refractivity contribution < 1.29 is 13.5 Å². The molecule has 0 bridgehead atoms. The Labute approximate surface area is 118 Å². The highest BCUT2D eigenvalue weighted by Gasteiger charge is 2.26. The minimum atomic E-state index is -2.87. The molecule has 1 atom stereocenters. The second kappa shape index (κ2) is 8.25. The molecule has 114 valence electrons. The average Bonchev–Trinajstić information content (AvgIpc) is 2.39. The number of rotatable bonds is 8. The standard InChI is InChI=1S/C15H30O3S/c1-3-6-13-8-10-14(11-9-13)15(16)7-5-12-19(17,18)4-2/h13-16H,3-12H2,1-2H3. The van der Waals surface area contributed by atoms with Crippen LogP contribution in [0.4, 0.5) is 0 Å². The Morgan fingerprint density at radius 3 is 2.32 bits per heavy atom. The van der Waals surface area contributed by atoms with Crippen LogP contribution in [-0.2, 0) is 9.84 Å². The van der Waals surface area contributed by atoms with Gasteiger partial charge in [-0.1, -0.05) is 39.5 Å². The second-order valence-corrected chi connectivity index (χ2v) is 8.49. The lowest BCUT2D eigenvalue weighted by Gasteiger charge is -2.31. The zero-order valence-corrected chi connectivity index (χ0v) is 13.3. The summed E-state index contributed by atoms with van der Waals surface area (Å²) in [6.45, 7) is 3.91. The van der Waals surface area contributed by atoms with E-state index in [1.54, 1.807) is 6.92 Å². The maximum atomic E-state index is 11.4. The third-order valence-corrected chi connectivity index (χ3v) is 6.32. The second-order valence-electron chi connectivity index (χ2n) is 6.02. The lowest BCUT2D eigenvalue weighted by atomic mass is 9.77. The monoisotopic (exact) mass is 290 g/mol. The fourth-order valence-corrected chi connectivity index (χ4v) is 4.06. The molecule has 0 heterocycles. The van der Waals surface area contributed by atoms with Gasteiger partial charge in [-0.15, -0.1) is 0 Å². The van der Waals surface area contributed by atoms with Crippen molar-refractivity contribution in [1.29, 1.82) is 0 Å². The summed E-state index contributed by atoms with van der Waals surface area (Å²) in [6, 6.07) is 0. The molecule has 1 rings (SSSR count). The highest BCUT2D eigenvalue weighted by molar-refractivity contribution is 7.91. The zero-order chi connectivity index (χ0) is 14.3. The van der Waals surface area contributed by atoms with Gasteiger partial charge in [0, 0.05) is 5.75 Å². The van der Waals surface area contributed by atoms with E-state index in [4.69, 9.17) is 0 Å². The van der Waals surface area contributed by atoms with Gasteiger partial charge in [0.25, 0.3) is 0 Å². The molecule has 0 radical (unpaired) electrons. The molecule has 1 aliphatic carbocycles. The van der Waals surface area contributed by atoms with Crippen LogP contribution in [0.3, 0.4) is 0 Å². The molecule has 0 aromatic heterocycles. The maximum absolute atomic E-state index is 11.4. The fourth-order valence-electron chi connectivity index (χ4n) is 3.16. The van der Waals surface area contributed by atoms with E-state index in [0.29, 0.717) is 18.8 Å². The van der Waals surface area contributed by atoms with Crippen LogP contribution in [0, 0.1) is 11.8 Å². The third-order valence-electron chi connectivity index (χ3n) is 4.53. The molecule has 0 saturated heterocycles. The van der Waals surface area contributed by atoms with Gasteiger partial charge >= 0.3 is 0 Å². The highest BCUT2D eigenvalue weighted by Crippen LogP contribution is 2.34. The predicted octanol–water partition coefficient (Wildman–Crippen LogP) is 3.17. The average molecular weight is 290 g/mol. The van der Waals surface area contributed by atoms with Crippen LogP contribution >= 0.6 is 0 Å². The first kappa shape index (κ1) is 17.0. The Bertz CT molecular complexity index is 329. The molecular formula is C15H30O3S. The highest BCUT2D eigenvalue weighted by atomic mass is 32.2. The minimum Gasteiger partial charge on any atom is -0.393 e. The first-order valence-corrected chi connectivity index (χ1v) is 9.69. The third kappa shape index (κ3) is 6.26. The van der Waals surface area contributed by atoms with Crippen molar-refractivity contribution in [3.05, 3.63) is 0 Å². The molecule has 0 aromatic rings. The lowest BCUT2D eigenvalue weighted by molar-refractivity contribution is 0.0653. The number of hydrogen-bond acceptors (Lipinski definition) is 3. The molecule has 1 fully saturated rings. The summed E-state index contributed by atoms with van der Waals surface area (Å²) in [7, 11) is -2.87. The van der Waals surface area contributed by atoms with E-state index in [1.807, 2.05) is 0 Å². The Morgan fingerprint density at radius 1 is 1.16 bits per heavy atom. The van der Waals surface area contributed by atoms with E-state index in [2.05, 4.69) is 6.92 Å². The normalized spacial score (nSPS) is 26.3. The van der Waals surface area contributed by atoms with Crippen LogP contribution in [0.1, 0.15) is 65.2 Å². The Kier molecular flexibility index (Phi) is 7.37. The molecule has 1 N–H and O–H groups in total. The predicted molar refractivity (Wildman–Crippen MR) is 79.9 cm³/mol. The lowest BCUT2D eigenvalue weighted by Crippen LogP contribution is -2.26. The van der Waals surface area contributed by atoms with Crippen molar-refractivity contribution in [2.24, 2.45) is 11.8 Å². The summed E-state index contributed by atoms with van der Waals surface area (Å²) in [5, 5.41) is 10.2. The zero-order valence-electron chi connectivity index (χ0n) is 12.5. The van der Waals surface area contributed by atoms with Crippen LogP contribution in [0.25, 0.3) is 0 Å². The van der Waals surface area contributed by atoms with E-state index in [1.165, 1.54) is 25.7 Å². The van der Waals surface area contributed by atoms with Gasteiger partial charge in [0.2, 0.25) is 0 Å². The summed E-state index contributed by atoms with van der Waals surface area (Å²) in [5.41, 5.74) is 0. The molecule has 0 spiro atoms. The van der Waals surface area contributed by atoms with Crippen molar-refractivity contribution in [2.75, 3.05) is 11.5 Å².